The van der Waals surface area contributed by atoms with Crippen molar-refractivity contribution >= 4 is 24.0 Å². The Morgan fingerprint density at radius 2 is 1.71 bits per heavy atom. The molecule has 0 aliphatic rings. The number of carbonyl (C=O) groups is 3. The fourth-order valence-electron chi connectivity index (χ4n) is 2.16. The number of hydrogen-bond donors (Lipinski definition) is 5. The Kier molecular flexibility index (Phi) is 8.38. The third-order valence-electron chi connectivity index (χ3n) is 3.59. The van der Waals surface area contributed by atoms with Crippen LogP contribution >= 0.6 is 0 Å². The topological polar surface area (TPSA) is 180 Å². The standard InChI is InChI=1S/C17H20O11/c1-26-10-7-8(3-5-9(10)18)4-6-11(19)28-15(17(24)25)12(20)14(27-2)13(21)16(22)23/h3-7,12-15,18,20-21H,1-2H3,(H,22,23)(H,24,25)/t12-,13-,14-,15+/m0/s1. The number of carbonyl (C=O) groups excluding carboxylic acids is 1. The lowest BCUT2D eigenvalue weighted by Gasteiger charge is -2.27. The second-order valence-electron chi connectivity index (χ2n) is 5.43. The molecule has 0 aliphatic heterocycles. The zero-order valence-electron chi connectivity index (χ0n) is 14.9. The summed E-state index contributed by atoms with van der Waals surface area (Å²) < 4.78 is 14.2. The molecule has 5 N–H and O–H groups in total. The van der Waals surface area contributed by atoms with Crippen LogP contribution in [0.4, 0.5) is 0 Å². The second-order valence-corrected chi connectivity index (χ2v) is 5.43. The summed E-state index contributed by atoms with van der Waals surface area (Å²) in [5, 5.41) is 46.9. The van der Waals surface area contributed by atoms with Crippen molar-refractivity contribution in [1.29, 1.82) is 0 Å². The summed E-state index contributed by atoms with van der Waals surface area (Å²) in [4.78, 5) is 34.0. The van der Waals surface area contributed by atoms with Crippen molar-refractivity contribution < 1.29 is 54.1 Å². The van der Waals surface area contributed by atoms with Crippen LogP contribution in [0.2, 0.25) is 0 Å². The summed E-state index contributed by atoms with van der Waals surface area (Å²) in [6.45, 7) is 0. The van der Waals surface area contributed by atoms with E-state index in [4.69, 9.17) is 14.9 Å². The van der Waals surface area contributed by atoms with E-state index < -0.39 is 42.3 Å². The summed E-state index contributed by atoms with van der Waals surface area (Å²) >= 11 is 0. The van der Waals surface area contributed by atoms with Crippen molar-refractivity contribution in [3.8, 4) is 11.5 Å². The zero-order chi connectivity index (χ0) is 21.4. The van der Waals surface area contributed by atoms with Crippen LogP contribution in [0.5, 0.6) is 11.5 Å². The quantitative estimate of drug-likeness (QED) is 0.246. The summed E-state index contributed by atoms with van der Waals surface area (Å²) in [6, 6.07) is 4.15. The maximum absolute atomic E-state index is 11.9. The number of carboxylic acid groups (broad SMARTS) is 2. The summed E-state index contributed by atoms with van der Waals surface area (Å²) in [5.74, 6) is -4.69. The highest BCUT2D eigenvalue weighted by atomic mass is 16.6. The van der Waals surface area contributed by atoms with Gasteiger partial charge in [0.25, 0.3) is 0 Å². The van der Waals surface area contributed by atoms with Gasteiger partial charge in [0.15, 0.2) is 17.6 Å². The van der Waals surface area contributed by atoms with Gasteiger partial charge in [-0.25, -0.2) is 14.4 Å². The molecule has 1 aromatic rings. The molecule has 0 fully saturated rings. The molecular formula is C17H20O11. The van der Waals surface area contributed by atoms with Gasteiger partial charge in [0.05, 0.1) is 7.11 Å². The van der Waals surface area contributed by atoms with E-state index in [1.54, 1.807) is 0 Å². The number of phenolic OH excluding ortho intramolecular Hbond substituents is 1. The van der Waals surface area contributed by atoms with Crippen LogP contribution in [0.15, 0.2) is 24.3 Å². The Morgan fingerprint density at radius 3 is 2.21 bits per heavy atom. The largest absolute Gasteiger partial charge is 0.504 e. The number of ether oxygens (including phenoxy) is 3. The maximum atomic E-state index is 11.9. The van der Waals surface area contributed by atoms with Crippen LogP contribution in [-0.4, -0.2) is 82.1 Å². The number of phenols is 1. The zero-order valence-corrected chi connectivity index (χ0v) is 14.9. The lowest BCUT2D eigenvalue weighted by molar-refractivity contribution is -0.185. The molecule has 0 saturated heterocycles. The molecule has 11 heteroatoms. The van der Waals surface area contributed by atoms with Gasteiger partial charge in [0.2, 0.25) is 6.10 Å². The number of hydrogen-bond acceptors (Lipinski definition) is 9. The van der Waals surface area contributed by atoms with Crippen molar-refractivity contribution in [2.24, 2.45) is 0 Å². The number of aliphatic hydroxyl groups is 2. The normalized spacial score (nSPS) is 15.4. The van der Waals surface area contributed by atoms with E-state index in [2.05, 4.69) is 9.47 Å². The van der Waals surface area contributed by atoms with Crippen LogP contribution in [0.25, 0.3) is 6.08 Å². The van der Waals surface area contributed by atoms with Gasteiger partial charge < -0.3 is 39.7 Å². The lowest BCUT2D eigenvalue weighted by atomic mass is 10.0. The predicted molar refractivity (Wildman–Crippen MR) is 91.7 cm³/mol. The summed E-state index contributed by atoms with van der Waals surface area (Å²) in [5.41, 5.74) is 0.412. The molecule has 0 unspecified atom stereocenters. The molecule has 1 rings (SSSR count). The number of esters is 1. The Bertz CT molecular complexity index is 743. The van der Waals surface area contributed by atoms with Crippen LogP contribution in [0.1, 0.15) is 5.56 Å². The first-order chi connectivity index (χ1) is 13.1. The van der Waals surface area contributed by atoms with E-state index in [0.29, 0.717) is 5.56 Å². The van der Waals surface area contributed by atoms with Gasteiger partial charge in [-0.05, 0) is 23.8 Å². The fourth-order valence-corrected chi connectivity index (χ4v) is 2.16. The van der Waals surface area contributed by atoms with Crippen molar-refractivity contribution in [3.05, 3.63) is 29.8 Å². The van der Waals surface area contributed by atoms with Gasteiger partial charge in [0, 0.05) is 13.2 Å². The first kappa shape index (κ1) is 22.9. The molecule has 0 bridgehead atoms. The number of methoxy groups -OCH3 is 2. The van der Waals surface area contributed by atoms with Gasteiger partial charge in [-0.2, -0.15) is 0 Å². The molecule has 1 aromatic carbocycles. The van der Waals surface area contributed by atoms with Gasteiger partial charge in [-0.3, -0.25) is 0 Å². The summed E-state index contributed by atoms with van der Waals surface area (Å²) in [6.07, 6.45) is -6.40. The number of carboxylic acids is 2. The Balaban J connectivity index is 2.92. The third-order valence-corrected chi connectivity index (χ3v) is 3.59. The van der Waals surface area contributed by atoms with Crippen LogP contribution in [-0.2, 0) is 23.9 Å². The van der Waals surface area contributed by atoms with Crippen molar-refractivity contribution in [1.82, 2.24) is 0 Å². The average Bonchev–Trinajstić information content (AvgIpc) is 2.65. The van der Waals surface area contributed by atoms with E-state index >= 15 is 0 Å². The minimum atomic E-state index is -2.25. The highest BCUT2D eigenvalue weighted by Crippen LogP contribution is 2.26. The first-order valence-electron chi connectivity index (χ1n) is 7.72. The highest BCUT2D eigenvalue weighted by molar-refractivity contribution is 5.89. The Morgan fingerprint density at radius 1 is 1.07 bits per heavy atom. The van der Waals surface area contributed by atoms with E-state index in [-0.39, 0.29) is 11.5 Å². The van der Waals surface area contributed by atoms with Gasteiger partial charge >= 0.3 is 17.9 Å². The molecule has 0 amide bonds. The number of aliphatic hydroxyl groups excluding tert-OH is 2. The SMILES string of the molecule is COc1cc(C=CC(=O)O[C@@H](C(=O)O)[C@@H](O)[C@H](OC)[C@H](O)C(=O)O)ccc1O. The number of rotatable bonds is 10. The Hall–Kier alpha value is -3.15. The van der Waals surface area contributed by atoms with E-state index in [0.717, 1.165) is 13.2 Å². The van der Waals surface area contributed by atoms with Crippen LogP contribution in [0.3, 0.4) is 0 Å². The maximum Gasteiger partial charge on any atom is 0.347 e. The first-order valence-corrected chi connectivity index (χ1v) is 7.72. The van der Waals surface area contributed by atoms with Crippen LogP contribution in [0, 0.1) is 0 Å². The second kappa shape index (κ2) is 10.3. The molecule has 0 heterocycles. The number of aliphatic carboxylic acids is 2. The van der Waals surface area contributed by atoms with Gasteiger partial charge in [0.1, 0.15) is 12.2 Å². The molecule has 0 radical (unpaired) electrons. The van der Waals surface area contributed by atoms with Crippen LogP contribution < -0.4 is 4.74 Å². The fraction of sp³-hybridized carbons (Fsp3) is 0.353. The molecule has 0 saturated carbocycles. The highest BCUT2D eigenvalue weighted by Gasteiger charge is 2.41. The van der Waals surface area contributed by atoms with Crippen molar-refractivity contribution in [2.75, 3.05) is 14.2 Å². The van der Waals surface area contributed by atoms with E-state index in [1.165, 1.54) is 31.4 Å². The van der Waals surface area contributed by atoms with Crippen molar-refractivity contribution in [3.63, 3.8) is 0 Å². The monoisotopic (exact) mass is 400 g/mol. The number of aromatic hydroxyl groups is 1. The molecular weight excluding hydrogens is 380 g/mol. The van der Waals surface area contributed by atoms with Crippen molar-refractivity contribution in [2.45, 2.75) is 24.4 Å². The number of benzene rings is 1. The molecule has 0 aliphatic carbocycles. The van der Waals surface area contributed by atoms with Gasteiger partial charge in [-0.1, -0.05) is 6.07 Å². The molecule has 0 spiro atoms. The molecule has 154 valence electrons. The average molecular weight is 400 g/mol. The van der Waals surface area contributed by atoms with Gasteiger partial charge in [-0.15, -0.1) is 0 Å². The minimum absolute atomic E-state index is 0.126. The van der Waals surface area contributed by atoms with E-state index in [1.807, 2.05) is 0 Å². The third kappa shape index (κ3) is 5.94. The lowest BCUT2D eigenvalue weighted by Crippen LogP contribution is -2.52. The molecule has 28 heavy (non-hydrogen) atoms. The summed E-state index contributed by atoms with van der Waals surface area (Å²) in [7, 11) is 2.27. The predicted octanol–water partition coefficient (Wildman–Crippen LogP) is -0.768. The Labute approximate surface area is 159 Å². The smallest absolute Gasteiger partial charge is 0.347 e. The van der Waals surface area contributed by atoms with E-state index in [9.17, 15) is 29.7 Å². The minimum Gasteiger partial charge on any atom is -0.504 e. The molecule has 0 aromatic heterocycles. The molecule has 11 nitrogen and oxygen atoms in total. The molecule has 4 atom stereocenters.